The van der Waals surface area contributed by atoms with Gasteiger partial charge in [0.2, 0.25) is 0 Å². The molecule has 1 saturated heterocycles. The molecule has 108 valence electrons. The number of aromatic amines is 1. The minimum Gasteiger partial charge on any atom is -0.357 e. The van der Waals surface area contributed by atoms with Crippen LogP contribution in [0.2, 0.25) is 0 Å². The third kappa shape index (κ3) is 1.69. The predicted octanol–water partition coefficient (Wildman–Crippen LogP) is 4.05. The number of aryl methyl sites for hydroxylation is 1. The van der Waals surface area contributed by atoms with Gasteiger partial charge in [-0.2, -0.15) is 0 Å². The number of benzene rings is 1. The van der Waals surface area contributed by atoms with E-state index in [1.54, 1.807) is 5.56 Å². The summed E-state index contributed by atoms with van der Waals surface area (Å²) < 4.78 is 0. The molecule has 2 aliphatic heterocycles. The Hall–Kier alpha value is -1.54. The molecule has 1 aromatic carbocycles. The van der Waals surface area contributed by atoms with Crippen LogP contribution in [0, 0.1) is 11.8 Å². The number of rotatable bonds is 0. The summed E-state index contributed by atoms with van der Waals surface area (Å²) in [6.45, 7) is 2.57. The monoisotopic (exact) mass is 278 g/mol. The van der Waals surface area contributed by atoms with Gasteiger partial charge in [0.15, 0.2) is 0 Å². The number of aromatic nitrogens is 1. The Morgan fingerprint density at radius 2 is 2.00 bits per heavy atom. The second-order valence-corrected chi connectivity index (χ2v) is 6.97. The summed E-state index contributed by atoms with van der Waals surface area (Å²) in [4.78, 5) is 6.56. The zero-order chi connectivity index (χ0) is 13.8. The number of nitrogens with zero attached hydrogens (tertiary/aromatic N) is 1. The zero-order valence-electron chi connectivity index (χ0n) is 12.4. The van der Waals surface area contributed by atoms with Gasteiger partial charge in [0, 0.05) is 23.1 Å². The van der Waals surface area contributed by atoms with Crippen LogP contribution in [0.3, 0.4) is 0 Å². The molecule has 1 aliphatic carbocycles. The van der Waals surface area contributed by atoms with E-state index in [1.807, 2.05) is 0 Å². The van der Waals surface area contributed by atoms with Crippen molar-refractivity contribution in [1.82, 2.24) is 9.88 Å². The number of fused-ring (bicyclic) bond motifs is 7. The van der Waals surface area contributed by atoms with Gasteiger partial charge in [-0.1, -0.05) is 30.4 Å². The molecule has 1 aromatic heterocycles. The van der Waals surface area contributed by atoms with Gasteiger partial charge >= 0.3 is 0 Å². The Bertz CT molecular complexity index is 711. The van der Waals surface area contributed by atoms with Crippen molar-refractivity contribution in [2.75, 3.05) is 13.1 Å². The van der Waals surface area contributed by atoms with Gasteiger partial charge in [-0.05, 0) is 55.7 Å². The smallest absolute Gasteiger partial charge is 0.0536 e. The molecule has 0 bridgehead atoms. The second-order valence-electron chi connectivity index (χ2n) is 6.97. The quantitative estimate of drug-likeness (QED) is 0.720. The van der Waals surface area contributed by atoms with Gasteiger partial charge in [-0.3, -0.25) is 4.90 Å². The molecule has 0 radical (unpaired) electrons. The summed E-state index contributed by atoms with van der Waals surface area (Å²) in [5.74, 6) is 1.69. The Morgan fingerprint density at radius 3 is 3.00 bits per heavy atom. The van der Waals surface area contributed by atoms with Crippen molar-refractivity contribution in [1.29, 1.82) is 0 Å². The van der Waals surface area contributed by atoms with Crippen LogP contribution in [-0.2, 0) is 6.42 Å². The van der Waals surface area contributed by atoms with Crippen LogP contribution in [0.25, 0.3) is 10.9 Å². The van der Waals surface area contributed by atoms with Gasteiger partial charge in [0.25, 0.3) is 0 Å². The maximum Gasteiger partial charge on any atom is 0.0536 e. The molecule has 3 atom stereocenters. The average Bonchev–Trinajstić information content (AvgIpc) is 3.00. The normalized spacial score (nSPS) is 31.7. The van der Waals surface area contributed by atoms with E-state index in [0.717, 1.165) is 11.8 Å². The van der Waals surface area contributed by atoms with Gasteiger partial charge < -0.3 is 4.98 Å². The van der Waals surface area contributed by atoms with Gasteiger partial charge in [-0.15, -0.1) is 0 Å². The van der Waals surface area contributed by atoms with Gasteiger partial charge in [0.05, 0.1) is 6.04 Å². The molecular formula is C19H22N2. The van der Waals surface area contributed by atoms with Gasteiger partial charge in [-0.25, -0.2) is 0 Å². The number of para-hydroxylation sites is 1. The molecule has 0 amide bonds. The zero-order valence-corrected chi connectivity index (χ0v) is 12.4. The van der Waals surface area contributed by atoms with E-state index in [9.17, 15) is 0 Å². The number of hydrogen-bond acceptors (Lipinski definition) is 1. The van der Waals surface area contributed by atoms with Crippen LogP contribution in [0.15, 0.2) is 36.4 Å². The van der Waals surface area contributed by atoms with Crippen molar-refractivity contribution in [3.63, 3.8) is 0 Å². The number of H-pyrrole nitrogens is 1. The van der Waals surface area contributed by atoms with Crippen LogP contribution in [0.4, 0.5) is 0 Å². The van der Waals surface area contributed by atoms with Crippen LogP contribution in [0.1, 0.15) is 36.6 Å². The summed E-state index contributed by atoms with van der Waals surface area (Å²) in [6, 6.07) is 9.50. The molecule has 0 spiro atoms. The van der Waals surface area contributed by atoms with E-state index in [4.69, 9.17) is 0 Å². The average molecular weight is 278 g/mol. The fourth-order valence-corrected chi connectivity index (χ4v) is 5.00. The standard InChI is InChI=1S/C19H22N2/c1-2-7-14-13(6-1)12-21-11-5-9-16-15-8-3-4-10-17(15)20-18(16)19(14)21/h1-4,8,10,13-14,19-20H,5-7,9,11-12H2/t13-,14-,19-/m0/s1. The van der Waals surface area contributed by atoms with Crippen molar-refractivity contribution < 1.29 is 0 Å². The summed E-state index contributed by atoms with van der Waals surface area (Å²) in [5, 5.41) is 1.46. The molecule has 1 N–H and O–H groups in total. The summed E-state index contributed by atoms with van der Waals surface area (Å²) in [7, 11) is 0. The van der Waals surface area contributed by atoms with Crippen molar-refractivity contribution in [2.45, 2.75) is 31.7 Å². The lowest BCUT2D eigenvalue weighted by molar-refractivity contribution is 0.229. The molecule has 0 unspecified atom stereocenters. The van der Waals surface area contributed by atoms with Crippen LogP contribution in [-0.4, -0.2) is 23.0 Å². The first-order chi connectivity index (χ1) is 10.4. The highest BCUT2D eigenvalue weighted by molar-refractivity contribution is 5.85. The first kappa shape index (κ1) is 12.0. The highest BCUT2D eigenvalue weighted by atomic mass is 15.2. The Morgan fingerprint density at radius 1 is 1.10 bits per heavy atom. The lowest BCUT2D eigenvalue weighted by atomic mass is 9.80. The van der Waals surface area contributed by atoms with Gasteiger partial charge in [0.1, 0.15) is 0 Å². The largest absolute Gasteiger partial charge is 0.357 e. The fourth-order valence-electron chi connectivity index (χ4n) is 5.00. The Labute approximate surface area is 125 Å². The first-order valence-corrected chi connectivity index (χ1v) is 8.40. The van der Waals surface area contributed by atoms with E-state index in [0.29, 0.717) is 6.04 Å². The van der Waals surface area contributed by atoms with E-state index in [2.05, 4.69) is 46.3 Å². The Balaban J connectivity index is 1.69. The maximum atomic E-state index is 3.79. The van der Waals surface area contributed by atoms with Crippen molar-refractivity contribution >= 4 is 10.9 Å². The minimum atomic E-state index is 0.629. The third-order valence-corrected chi connectivity index (χ3v) is 5.90. The van der Waals surface area contributed by atoms with Crippen LogP contribution in [0.5, 0.6) is 0 Å². The van der Waals surface area contributed by atoms with Crippen LogP contribution >= 0.6 is 0 Å². The topological polar surface area (TPSA) is 19.0 Å². The fraction of sp³-hybridized carbons (Fsp3) is 0.474. The highest BCUT2D eigenvalue weighted by Gasteiger charge is 2.44. The van der Waals surface area contributed by atoms with Crippen molar-refractivity contribution in [3.8, 4) is 0 Å². The lowest BCUT2D eigenvalue weighted by Gasteiger charge is -2.27. The summed E-state index contributed by atoms with van der Waals surface area (Å²) in [5.41, 5.74) is 4.48. The molecule has 2 heteroatoms. The van der Waals surface area contributed by atoms with Crippen molar-refractivity contribution in [3.05, 3.63) is 47.7 Å². The molecule has 1 fully saturated rings. The predicted molar refractivity (Wildman–Crippen MR) is 86.3 cm³/mol. The summed E-state index contributed by atoms with van der Waals surface area (Å²) in [6.07, 6.45) is 9.91. The molecule has 5 rings (SSSR count). The van der Waals surface area contributed by atoms with Crippen molar-refractivity contribution in [2.24, 2.45) is 11.8 Å². The molecule has 21 heavy (non-hydrogen) atoms. The second kappa shape index (κ2) is 4.48. The third-order valence-electron chi connectivity index (χ3n) is 5.90. The van der Waals surface area contributed by atoms with E-state index >= 15 is 0 Å². The van der Waals surface area contributed by atoms with E-state index in [1.165, 1.54) is 55.4 Å². The molecule has 0 saturated carbocycles. The highest BCUT2D eigenvalue weighted by Crippen LogP contribution is 2.48. The molecule has 2 nitrogen and oxygen atoms in total. The molecular weight excluding hydrogens is 256 g/mol. The van der Waals surface area contributed by atoms with E-state index in [-0.39, 0.29) is 0 Å². The number of hydrogen-bond donors (Lipinski definition) is 1. The maximum absolute atomic E-state index is 3.79. The lowest BCUT2D eigenvalue weighted by Crippen LogP contribution is -2.25. The molecule has 2 aromatic rings. The van der Waals surface area contributed by atoms with E-state index < -0.39 is 0 Å². The number of allylic oxidation sites excluding steroid dienone is 2. The first-order valence-electron chi connectivity index (χ1n) is 8.40. The number of nitrogens with one attached hydrogen (secondary N) is 1. The van der Waals surface area contributed by atoms with Crippen LogP contribution < -0.4 is 0 Å². The minimum absolute atomic E-state index is 0.629. The molecule has 3 aliphatic rings. The summed E-state index contributed by atoms with van der Waals surface area (Å²) >= 11 is 0. The molecule has 3 heterocycles. The Kier molecular flexibility index (Phi) is 2.57. The SMILES string of the molecule is C1=CC[C@H]2[C@@H](C1)CN1CCCc3c([nH]c4ccccc34)[C@H]21.